The number of benzene rings is 2. The molecule has 0 radical (unpaired) electrons. The number of hydrogen-bond donors (Lipinski definition) is 1. The minimum Gasteiger partial charge on any atom is -0.508 e. The average Bonchev–Trinajstić information content (AvgIpc) is 2.98. The number of thioether (sulfide) groups is 1. The van der Waals surface area contributed by atoms with Crippen LogP contribution in [-0.4, -0.2) is 15.8 Å². The summed E-state index contributed by atoms with van der Waals surface area (Å²) in [6.07, 6.45) is 1.44. The largest absolute Gasteiger partial charge is 0.508 e. The smallest absolute Gasteiger partial charge is 0.446 e. The minimum atomic E-state index is -4.30. The van der Waals surface area contributed by atoms with Gasteiger partial charge in [-0.1, -0.05) is 17.3 Å². The van der Waals surface area contributed by atoms with Crippen LogP contribution >= 0.6 is 11.8 Å². The molecule has 7 heteroatoms. The number of aromatic hydroxyl groups is 1. The van der Waals surface area contributed by atoms with Gasteiger partial charge < -0.3 is 9.63 Å². The van der Waals surface area contributed by atoms with Crippen molar-refractivity contribution in [3.8, 4) is 28.3 Å². The topological polar surface area (TPSA) is 46.3 Å². The zero-order valence-corrected chi connectivity index (χ0v) is 13.6. The van der Waals surface area contributed by atoms with Crippen LogP contribution in [0.1, 0.15) is 11.1 Å². The molecule has 2 aromatic carbocycles. The van der Waals surface area contributed by atoms with Crippen LogP contribution in [0.5, 0.6) is 5.75 Å². The van der Waals surface area contributed by atoms with E-state index in [4.69, 9.17) is 4.52 Å². The number of aromatic nitrogens is 1. The summed E-state index contributed by atoms with van der Waals surface area (Å²) in [6.45, 7) is 0. The number of alkyl halides is 3. The number of hydrogen-bond acceptors (Lipinski definition) is 4. The molecule has 3 nitrogen and oxygen atoms in total. The second-order valence-electron chi connectivity index (χ2n) is 5.75. The summed E-state index contributed by atoms with van der Waals surface area (Å²) in [5, 5.41) is 13.7. The third-order valence-corrected chi connectivity index (χ3v) is 4.87. The number of fused-ring (bicyclic) bond motifs is 3. The quantitative estimate of drug-likeness (QED) is 0.617. The lowest BCUT2D eigenvalue weighted by molar-refractivity contribution is -0.0328. The standard InChI is InChI=1S/C18H12F3NO2S/c19-18(20,21)25-13-5-1-10(2-6-13)16-15-7-3-11-9-12(23)4-8-14(11)17(15)24-22-16/h1-2,4-6,8-9,23H,3,7H2. The Bertz CT molecular complexity index is 932. The first-order chi connectivity index (χ1) is 11.9. The van der Waals surface area contributed by atoms with Gasteiger partial charge in [-0.25, -0.2) is 0 Å². The monoisotopic (exact) mass is 363 g/mol. The van der Waals surface area contributed by atoms with E-state index in [1.54, 1.807) is 30.3 Å². The summed E-state index contributed by atoms with van der Waals surface area (Å²) in [6, 6.07) is 11.2. The lowest BCUT2D eigenvalue weighted by Gasteiger charge is -2.15. The van der Waals surface area contributed by atoms with Gasteiger partial charge in [0.2, 0.25) is 0 Å². The van der Waals surface area contributed by atoms with Gasteiger partial charge in [-0.15, -0.1) is 0 Å². The van der Waals surface area contributed by atoms with Gasteiger partial charge in [-0.3, -0.25) is 0 Å². The van der Waals surface area contributed by atoms with Crippen molar-refractivity contribution in [1.82, 2.24) is 5.16 Å². The summed E-state index contributed by atoms with van der Waals surface area (Å²) in [7, 11) is 0. The van der Waals surface area contributed by atoms with Crippen molar-refractivity contribution in [3.63, 3.8) is 0 Å². The van der Waals surface area contributed by atoms with E-state index in [1.165, 1.54) is 12.1 Å². The first-order valence-corrected chi connectivity index (χ1v) is 8.39. The Morgan fingerprint density at radius 2 is 1.80 bits per heavy atom. The van der Waals surface area contributed by atoms with E-state index in [-0.39, 0.29) is 22.4 Å². The first kappa shape index (κ1) is 16.1. The van der Waals surface area contributed by atoms with Crippen molar-refractivity contribution in [3.05, 3.63) is 53.6 Å². The molecular formula is C18H12F3NO2S. The van der Waals surface area contributed by atoms with Gasteiger partial charge in [0, 0.05) is 21.6 Å². The maximum Gasteiger partial charge on any atom is 0.446 e. The molecule has 1 aromatic heterocycles. The Kier molecular flexibility index (Phi) is 3.76. The Morgan fingerprint density at radius 1 is 1.04 bits per heavy atom. The van der Waals surface area contributed by atoms with Gasteiger partial charge in [-0.05, 0) is 60.5 Å². The third kappa shape index (κ3) is 3.11. The molecule has 1 aliphatic rings. The fourth-order valence-electron chi connectivity index (χ4n) is 3.06. The van der Waals surface area contributed by atoms with E-state index >= 15 is 0 Å². The van der Waals surface area contributed by atoms with Gasteiger partial charge >= 0.3 is 5.51 Å². The predicted molar refractivity (Wildman–Crippen MR) is 88.4 cm³/mol. The molecule has 0 atom stereocenters. The van der Waals surface area contributed by atoms with Crippen LogP contribution in [0.25, 0.3) is 22.6 Å². The zero-order chi connectivity index (χ0) is 17.6. The Balaban J connectivity index is 1.69. The van der Waals surface area contributed by atoms with Crippen molar-refractivity contribution in [2.24, 2.45) is 0 Å². The number of nitrogens with zero attached hydrogens (tertiary/aromatic N) is 1. The summed E-state index contributed by atoms with van der Waals surface area (Å²) in [5.74, 6) is 0.865. The number of halogens is 3. The number of aryl methyl sites for hydroxylation is 1. The van der Waals surface area contributed by atoms with Crippen LogP contribution in [0.15, 0.2) is 51.9 Å². The van der Waals surface area contributed by atoms with E-state index < -0.39 is 5.51 Å². The van der Waals surface area contributed by atoms with E-state index in [0.717, 1.165) is 28.7 Å². The lowest BCUT2D eigenvalue weighted by Crippen LogP contribution is -2.02. The van der Waals surface area contributed by atoms with Crippen molar-refractivity contribution in [2.45, 2.75) is 23.2 Å². The van der Waals surface area contributed by atoms with Gasteiger partial charge in [0.25, 0.3) is 0 Å². The lowest BCUT2D eigenvalue weighted by atomic mass is 9.88. The molecule has 1 heterocycles. The zero-order valence-electron chi connectivity index (χ0n) is 12.8. The summed E-state index contributed by atoms with van der Waals surface area (Å²) in [5.41, 5.74) is -0.108. The van der Waals surface area contributed by atoms with Crippen LogP contribution in [0.4, 0.5) is 13.2 Å². The van der Waals surface area contributed by atoms with Crippen LogP contribution in [-0.2, 0) is 12.8 Å². The molecule has 0 unspecified atom stereocenters. The van der Waals surface area contributed by atoms with Gasteiger partial charge in [0.05, 0.1) is 0 Å². The molecule has 1 N–H and O–H groups in total. The van der Waals surface area contributed by atoms with E-state index in [0.29, 0.717) is 17.9 Å². The normalized spacial score (nSPS) is 13.4. The second kappa shape index (κ2) is 5.84. The van der Waals surface area contributed by atoms with Crippen molar-refractivity contribution < 1.29 is 22.8 Å². The molecule has 25 heavy (non-hydrogen) atoms. The first-order valence-electron chi connectivity index (χ1n) is 7.58. The highest BCUT2D eigenvalue weighted by molar-refractivity contribution is 8.00. The van der Waals surface area contributed by atoms with Crippen molar-refractivity contribution in [1.29, 1.82) is 0 Å². The minimum absolute atomic E-state index is 0.134. The molecule has 0 saturated carbocycles. The number of phenolic OH excluding ortho intramolecular Hbond substituents is 1. The van der Waals surface area contributed by atoms with Crippen LogP contribution in [0, 0.1) is 0 Å². The SMILES string of the molecule is Oc1ccc2c(c1)CCc1c(-c3ccc(SC(F)(F)F)cc3)noc1-2. The molecule has 0 saturated heterocycles. The van der Waals surface area contributed by atoms with Crippen LogP contribution in [0.2, 0.25) is 0 Å². The highest BCUT2D eigenvalue weighted by Crippen LogP contribution is 2.41. The van der Waals surface area contributed by atoms with Crippen LogP contribution < -0.4 is 0 Å². The van der Waals surface area contributed by atoms with Crippen LogP contribution in [0.3, 0.4) is 0 Å². The van der Waals surface area contributed by atoms with E-state index in [2.05, 4.69) is 5.16 Å². The highest BCUT2D eigenvalue weighted by Gasteiger charge is 2.29. The molecule has 4 rings (SSSR count). The predicted octanol–water partition coefficient (Wildman–Crippen LogP) is 5.42. The molecule has 0 bridgehead atoms. The maximum atomic E-state index is 12.4. The molecule has 0 aliphatic heterocycles. The van der Waals surface area contributed by atoms with E-state index in [1.807, 2.05) is 0 Å². The molecular weight excluding hydrogens is 351 g/mol. The maximum absolute atomic E-state index is 12.4. The highest BCUT2D eigenvalue weighted by atomic mass is 32.2. The molecule has 128 valence electrons. The summed E-state index contributed by atoms with van der Waals surface area (Å²) >= 11 is -0.140. The second-order valence-corrected chi connectivity index (χ2v) is 6.89. The molecule has 0 fully saturated rings. The third-order valence-electron chi connectivity index (χ3n) is 4.13. The van der Waals surface area contributed by atoms with Crippen molar-refractivity contribution in [2.75, 3.05) is 0 Å². The molecule has 0 spiro atoms. The van der Waals surface area contributed by atoms with Gasteiger partial charge in [0.15, 0.2) is 5.76 Å². The Morgan fingerprint density at radius 3 is 2.52 bits per heavy atom. The summed E-state index contributed by atoms with van der Waals surface area (Å²) < 4.78 is 42.8. The summed E-state index contributed by atoms with van der Waals surface area (Å²) in [4.78, 5) is 0.134. The number of rotatable bonds is 2. The Labute approximate surface area is 145 Å². The fraction of sp³-hybridized carbons (Fsp3) is 0.167. The van der Waals surface area contributed by atoms with Gasteiger partial charge in [-0.2, -0.15) is 13.2 Å². The van der Waals surface area contributed by atoms with E-state index in [9.17, 15) is 18.3 Å². The number of phenols is 1. The molecule has 0 amide bonds. The van der Waals surface area contributed by atoms with Crippen molar-refractivity contribution >= 4 is 11.8 Å². The fourth-order valence-corrected chi connectivity index (χ4v) is 3.60. The average molecular weight is 363 g/mol. The molecule has 3 aromatic rings. The molecule has 1 aliphatic carbocycles. The van der Waals surface area contributed by atoms with Gasteiger partial charge in [0.1, 0.15) is 11.4 Å². The Hall–Kier alpha value is -2.41.